The molecule has 6 nitrogen and oxygen atoms in total. The van der Waals surface area contributed by atoms with Crippen molar-refractivity contribution in [3.63, 3.8) is 0 Å². The van der Waals surface area contributed by atoms with E-state index in [1.54, 1.807) is 0 Å². The van der Waals surface area contributed by atoms with Crippen molar-refractivity contribution in [1.82, 2.24) is 0 Å². The first kappa shape index (κ1) is 67.4. The summed E-state index contributed by atoms with van der Waals surface area (Å²) in [5.41, 5.74) is 0. The SMILES string of the molecule is CC(C)CCCCCCCCCCCCCCCCCC(=O)OC[C@H](COC(=O)CCCCCCCCCCCCCCC(C)C)OC(=O)CCCCCCCCCCCCCCCCCC(C)C. The van der Waals surface area contributed by atoms with Crippen molar-refractivity contribution in [2.45, 2.75) is 356 Å². The predicted molar refractivity (Wildman–Crippen MR) is 298 cm³/mol. The number of esters is 3. The number of hydrogen-bond acceptors (Lipinski definition) is 6. The first-order chi connectivity index (χ1) is 33.6. The smallest absolute Gasteiger partial charge is 0.306 e. The van der Waals surface area contributed by atoms with Crippen molar-refractivity contribution < 1.29 is 28.6 Å². The fourth-order valence-electron chi connectivity index (χ4n) is 9.71. The minimum atomic E-state index is -0.764. The Morgan fingerprint density at radius 2 is 0.420 bits per heavy atom. The van der Waals surface area contributed by atoms with E-state index in [9.17, 15) is 14.4 Å². The molecule has 0 unspecified atom stereocenters. The summed E-state index contributed by atoms with van der Waals surface area (Å²) in [4.78, 5) is 38.3. The van der Waals surface area contributed by atoms with Crippen LogP contribution in [-0.2, 0) is 28.6 Å². The summed E-state index contributed by atoms with van der Waals surface area (Å²) in [6, 6.07) is 0. The van der Waals surface area contributed by atoms with E-state index < -0.39 is 6.10 Å². The summed E-state index contributed by atoms with van der Waals surface area (Å²) in [6.07, 6.45) is 58.1. The van der Waals surface area contributed by atoms with Crippen LogP contribution < -0.4 is 0 Å². The molecule has 0 radical (unpaired) electrons. The highest BCUT2D eigenvalue weighted by Gasteiger charge is 2.19. The topological polar surface area (TPSA) is 78.9 Å². The van der Waals surface area contributed by atoms with E-state index in [4.69, 9.17) is 14.2 Å². The molecule has 1 atom stereocenters. The van der Waals surface area contributed by atoms with Gasteiger partial charge in [0.05, 0.1) is 0 Å². The molecule has 0 rings (SSSR count). The van der Waals surface area contributed by atoms with Gasteiger partial charge in [-0.05, 0) is 37.0 Å². The minimum Gasteiger partial charge on any atom is -0.462 e. The molecule has 0 saturated carbocycles. The number of ether oxygens (including phenoxy) is 3. The van der Waals surface area contributed by atoms with Crippen LogP contribution in [0.4, 0.5) is 0 Å². The number of unbranched alkanes of at least 4 members (excludes halogenated alkanes) is 39. The van der Waals surface area contributed by atoms with Gasteiger partial charge in [0.2, 0.25) is 0 Å². The summed E-state index contributed by atoms with van der Waals surface area (Å²) in [6.45, 7) is 13.8. The molecule has 0 N–H and O–H groups in total. The monoisotopic (exact) mass is 975 g/mol. The third kappa shape index (κ3) is 57.2. The van der Waals surface area contributed by atoms with Crippen LogP contribution in [0.25, 0.3) is 0 Å². The van der Waals surface area contributed by atoms with Crippen LogP contribution in [0, 0.1) is 17.8 Å². The van der Waals surface area contributed by atoms with Crippen LogP contribution >= 0.6 is 0 Å². The van der Waals surface area contributed by atoms with Crippen molar-refractivity contribution in [3.8, 4) is 0 Å². The van der Waals surface area contributed by atoms with Crippen molar-refractivity contribution in [2.75, 3.05) is 13.2 Å². The molecule has 0 aromatic carbocycles. The largest absolute Gasteiger partial charge is 0.462 e. The molecule has 0 spiro atoms. The van der Waals surface area contributed by atoms with Gasteiger partial charge in [0.25, 0.3) is 0 Å². The third-order valence-electron chi connectivity index (χ3n) is 14.4. The van der Waals surface area contributed by atoms with Gasteiger partial charge in [-0.1, -0.05) is 311 Å². The Morgan fingerprint density at radius 3 is 0.623 bits per heavy atom. The standard InChI is InChI=1S/C63H122O6/c1-57(2)49-43-37-31-25-19-13-9-7-11-15-22-28-34-40-46-52-61(64)67-55-60(56-68-62(65)53-47-41-35-29-23-18-17-21-27-33-39-45-51-59(5)6)69-63(66)54-48-42-36-30-24-16-12-8-10-14-20-26-32-38-44-50-58(3)4/h57-60H,7-56H2,1-6H3/t60-/m1/s1. The molecule has 0 saturated heterocycles. The van der Waals surface area contributed by atoms with Gasteiger partial charge in [0, 0.05) is 19.3 Å². The number of carbonyl (C=O) groups is 3. The van der Waals surface area contributed by atoms with Gasteiger partial charge in [-0.2, -0.15) is 0 Å². The van der Waals surface area contributed by atoms with Gasteiger partial charge in [-0.25, -0.2) is 0 Å². The molecule has 69 heavy (non-hydrogen) atoms. The van der Waals surface area contributed by atoms with Crippen molar-refractivity contribution in [2.24, 2.45) is 17.8 Å². The average molecular weight is 976 g/mol. The molecule has 0 heterocycles. The Balaban J connectivity index is 4.29. The van der Waals surface area contributed by atoms with Gasteiger partial charge >= 0.3 is 17.9 Å². The highest BCUT2D eigenvalue weighted by Crippen LogP contribution is 2.19. The van der Waals surface area contributed by atoms with Crippen LogP contribution in [0.15, 0.2) is 0 Å². The van der Waals surface area contributed by atoms with Crippen molar-refractivity contribution >= 4 is 17.9 Å². The lowest BCUT2D eigenvalue weighted by Crippen LogP contribution is -2.30. The number of hydrogen-bond donors (Lipinski definition) is 0. The normalized spacial score (nSPS) is 12.1. The highest BCUT2D eigenvalue weighted by molar-refractivity contribution is 5.71. The Hall–Kier alpha value is -1.59. The first-order valence-electron chi connectivity index (χ1n) is 31.1. The lowest BCUT2D eigenvalue weighted by Gasteiger charge is -2.18. The summed E-state index contributed by atoms with van der Waals surface area (Å²) in [5.74, 6) is 1.69. The minimum absolute atomic E-state index is 0.0628. The molecule has 410 valence electrons. The lowest BCUT2D eigenvalue weighted by atomic mass is 10.0. The van der Waals surface area contributed by atoms with E-state index in [2.05, 4.69) is 41.5 Å². The molecule has 0 fully saturated rings. The van der Waals surface area contributed by atoms with Gasteiger partial charge in [0.1, 0.15) is 13.2 Å². The van der Waals surface area contributed by atoms with E-state index >= 15 is 0 Å². The molecule has 6 heteroatoms. The van der Waals surface area contributed by atoms with Crippen LogP contribution in [0.2, 0.25) is 0 Å². The molecule has 0 aromatic rings. The molecule has 0 aliphatic carbocycles. The Kier molecular flexibility index (Phi) is 52.9. The second-order valence-electron chi connectivity index (χ2n) is 23.1. The molecule has 0 aromatic heterocycles. The summed E-state index contributed by atoms with van der Waals surface area (Å²) < 4.78 is 16.9. The van der Waals surface area contributed by atoms with Gasteiger partial charge < -0.3 is 14.2 Å². The maximum Gasteiger partial charge on any atom is 0.306 e. The molecular weight excluding hydrogens is 853 g/mol. The van der Waals surface area contributed by atoms with Crippen LogP contribution in [-0.4, -0.2) is 37.2 Å². The summed E-state index contributed by atoms with van der Waals surface area (Å²) >= 11 is 0. The maximum absolute atomic E-state index is 12.9. The molecule has 0 aliphatic rings. The molecule has 0 amide bonds. The number of carbonyl (C=O) groups excluding carboxylic acids is 3. The zero-order valence-corrected chi connectivity index (χ0v) is 47.6. The van der Waals surface area contributed by atoms with E-state index in [-0.39, 0.29) is 31.1 Å². The molecule has 0 bridgehead atoms. The Bertz CT molecular complexity index is 1070. The van der Waals surface area contributed by atoms with Crippen LogP contribution in [0.1, 0.15) is 350 Å². The maximum atomic E-state index is 12.9. The fraction of sp³-hybridized carbons (Fsp3) is 0.952. The Labute approximate surface area is 431 Å². The molecule has 0 aliphatic heterocycles. The van der Waals surface area contributed by atoms with Crippen molar-refractivity contribution in [1.29, 1.82) is 0 Å². The zero-order valence-electron chi connectivity index (χ0n) is 47.6. The van der Waals surface area contributed by atoms with E-state index in [1.807, 2.05) is 0 Å². The fourth-order valence-corrected chi connectivity index (χ4v) is 9.71. The Morgan fingerprint density at radius 1 is 0.246 bits per heavy atom. The highest BCUT2D eigenvalue weighted by atomic mass is 16.6. The zero-order chi connectivity index (χ0) is 50.5. The van der Waals surface area contributed by atoms with Crippen LogP contribution in [0.5, 0.6) is 0 Å². The van der Waals surface area contributed by atoms with Gasteiger partial charge in [-0.15, -0.1) is 0 Å². The van der Waals surface area contributed by atoms with Gasteiger partial charge in [0.15, 0.2) is 6.10 Å². The average Bonchev–Trinajstić information content (AvgIpc) is 3.31. The number of rotatable bonds is 56. The van der Waals surface area contributed by atoms with E-state index in [0.29, 0.717) is 19.3 Å². The third-order valence-corrected chi connectivity index (χ3v) is 14.4. The first-order valence-corrected chi connectivity index (χ1v) is 31.1. The predicted octanol–water partition coefficient (Wildman–Crippen LogP) is 20.7. The van der Waals surface area contributed by atoms with Gasteiger partial charge in [-0.3, -0.25) is 14.4 Å². The summed E-state index contributed by atoms with van der Waals surface area (Å²) in [7, 11) is 0. The molecular formula is C63H122O6. The van der Waals surface area contributed by atoms with E-state index in [1.165, 1.54) is 231 Å². The van der Waals surface area contributed by atoms with E-state index in [0.717, 1.165) is 75.5 Å². The lowest BCUT2D eigenvalue weighted by molar-refractivity contribution is -0.167. The second-order valence-corrected chi connectivity index (χ2v) is 23.1. The summed E-state index contributed by atoms with van der Waals surface area (Å²) in [5, 5.41) is 0. The quantitative estimate of drug-likeness (QED) is 0.0343. The van der Waals surface area contributed by atoms with Crippen molar-refractivity contribution in [3.05, 3.63) is 0 Å². The van der Waals surface area contributed by atoms with Crippen LogP contribution in [0.3, 0.4) is 0 Å². The second kappa shape index (κ2) is 54.2.